The molecule has 1 fully saturated rings. The SMILES string of the molecule is N[C@H](CC1CC1)c1cc(Br)c(F)c(F)c1O. The van der Waals surface area contributed by atoms with Crippen molar-refractivity contribution in [2.75, 3.05) is 0 Å². The van der Waals surface area contributed by atoms with E-state index in [0.29, 0.717) is 12.3 Å². The Balaban J connectivity index is 2.31. The molecule has 0 spiro atoms. The second-order valence-corrected chi connectivity index (χ2v) is 5.06. The van der Waals surface area contributed by atoms with Crippen molar-refractivity contribution in [2.45, 2.75) is 25.3 Å². The van der Waals surface area contributed by atoms with Gasteiger partial charge in [0.1, 0.15) is 0 Å². The maximum absolute atomic E-state index is 13.3. The number of nitrogens with two attached hydrogens (primary N) is 1. The van der Waals surface area contributed by atoms with E-state index in [1.54, 1.807) is 0 Å². The molecule has 1 atom stereocenters. The van der Waals surface area contributed by atoms with Crippen LogP contribution in [0.15, 0.2) is 10.5 Å². The van der Waals surface area contributed by atoms with E-state index < -0.39 is 23.4 Å². The van der Waals surface area contributed by atoms with Crippen molar-refractivity contribution in [3.05, 3.63) is 27.7 Å². The van der Waals surface area contributed by atoms with Gasteiger partial charge in [-0.2, -0.15) is 4.39 Å². The average Bonchev–Trinajstić information content (AvgIpc) is 3.04. The second-order valence-electron chi connectivity index (χ2n) is 4.21. The summed E-state index contributed by atoms with van der Waals surface area (Å²) in [6.45, 7) is 0. The van der Waals surface area contributed by atoms with Gasteiger partial charge in [-0.25, -0.2) is 4.39 Å². The smallest absolute Gasteiger partial charge is 0.201 e. The maximum Gasteiger partial charge on any atom is 0.201 e. The summed E-state index contributed by atoms with van der Waals surface area (Å²) < 4.78 is 26.3. The Morgan fingerprint density at radius 3 is 2.62 bits per heavy atom. The first-order chi connectivity index (χ1) is 7.50. The molecule has 0 bridgehead atoms. The van der Waals surface area contributed by atoms with Crippen LogP contribution in [0.2, 0.25) is 0 Å². The third-order valence-corrected chi connectivity index (χ3v) is 3.43. The summed E-state index contributed by atoms with van der Waals surface area (Å²) >= 11 is 2.90. The first-order valence-electron chi connectivity index (χ1n) is 5.12. The van der Waals surface area contributed by atoms with Crippen LogP contribution >= 0.6 is 15.9 Å². The fourth-order valence-corrected chi connectivity index (χ4v) is 2.15. The molecule has 3 N–H and O–H groups in total. The molecule has 5 heteroatoms. The molecule has 0 unspecified atom stereocenters. The lowest BCUT2D eigenvalue weighted by Crippen LogP contribution is -2.12. The third kappa shape index (κ3) is 2.20. The highest BCUT2D eigenvalue weighted by Gasteiger charge is 2.27. The number of benzene rings is 1. The predicted molar refractivity (Wildman–Crippen MR) is 60.0 cm³/mol. The van der Waals surface area contributed by atoms with E-state index in [1.807, 2.05) is 0 Å². The van der Waals surface area contributed by atoms with E-state index in [-0.39, 0.29) is 10.0 Å². The Hall–Kier alpha value is -0.680. The minimum atomic E-state index is -1.24. The van der Waals surface area contributed by atoms with Crippen LogP contribution < -0.4 is 5.73 Å². The Bertz CT molecular complexity index is 421. The number of halogens is 3. The number of rotatable bonds is 3. The Labute approximate surface area is 101 Å². The van der Waals surface area contributed by atoms with Gasteiger partial charge in [0.2, 0.25) is 5.82 Å². The van der Waals surface area contributed by atoms with Gasteiger partial charge in [-0.1, -0.05) is 12.8 Å². The van der Waals surface area contributed by atoms with Crippen LogP contribution in [0.25, 0.3) is 0 Å². The zero-order valence-corrected chi connectivity index (χ0v) is 10.1. The number of hydrogen-bond donors (Lipinski definition) is 2. The Morgan fingerprint density at radius 1 is 1.44 bits per heavy atom. The lowest BCUT2D eigenvalue weighted by molar-refractivity contribution is 0.393. The number of phenolic OH excluding ortho intramolecular Hbond substituents is 1. The Morgan fingerprint density at radius 2 is 2.06 bits per heavy atom. The lowest BCUT2D eigenvalue weighted by Gasteiger charge is -2.14. The quantitative estimate of drug-likeness (QED) is 0.840. The molecule has 0 saturated heterocycles. The first kappa shape index (κ1) is 11.8. The van der Waals surface area contributed by atoms with Crippen LogP contribution in [-0.2, 0) is 0 Å². The highest BCUT2D eigenvalue weighted by atomic mass is 79.9. The van der Waals surface area contributed by atoms with E-state index in [9.17, 15) is 13.9 Å². The minimum Gasteiger partial charge on any atom is -0.505 e. The van der Waals surface area contributed by atoms with E-state index in [4.69, 9.17) is 5.73 Å². The third-order valence-electron chi connectivity index (χ3n) is 2.85. The van der Waals surface area contributed by atoms with Crippen molar-refractivity contribution >= 4 is 15.9 Å². The van der Waals surface area contributed by atoms with E-state index >= 15 is 0 Å². The molecule has 16 heavy (non-hydrogen) atoms. The van der Waals surface area contributed by atoms with Gasteiger partial charge in [0.15, 0.2) is 11.6 Å². The fraction of sp³-hybridized carbons (Fsp3) is 0.455. The van der Waals surface area contributed by atoms with Gasteiger partial charge < -0.3 is 10.8 Å². The van der Waals surface area contributed by atoms with Gasteiger partial charge >= 0.3 is 0 Å². The van der Waals surface area contributed by atoms with E-state index in [2.05, 4.69) is 15.9 Å². The topological polar surface area (TPSA) is 46.2 Å². The molecule has 88 valence electrons. The highest BCUT2D eigenvalue weighted by Crippen LogP contribution is 2.40. The van der Waals surface area contributed by atoms with Crippen molar-refractivity contribution in [3.63, 3.8) is 0 Å². The van der Waals surface area contributed by atoms with E-state index in [1.165, 1.54) is 6.07 Å². The van der Waals surface area contributed by atoms with Crippen LogP contribution in [0.1, 0.15) is 30.9 Å². The van der Waals surface area contributed by atoms with Crippen LogP contribution in [0.3, 0.4) is 0 Å². The number of hydrogen-bond acceptors (Lipinski definition) is 2. The molecule has 2 nitrogen and oxygen atoms in total. The molecule has 1 aromatic rings. The molecular weight excluding hydrogens is 280 g/mol. The summed E-state index contributed by atoms with van der Waals surface area (Å²) in [4.78, 5) is 0. The number of phenols is 1. The van der Waals surface area contributed by atoms with Crippen LogP contribution in [0.4, 0.5) is 8.78 Å². The van der Waals surface area contributed by atoms with Crippen LogP contribution in [-0.4, -0.2) is 5.11 Å². The van der Waals surface area contributed by atoms with Crippen LogP contribution in [0.5, 0.6) is 5.75 Å². The largest absolute Gasteiger partial charge is 0.505 e. The molecule has 0 amide bonds. The van der Waals surface area contributed by atoms with Crippen molar-refractivity contribution in [3.8, 4) is 5.75 Å². The monoisotopic (exact) mass is 291 g/mol. The standard InChI is InChI=1S/C11H12BrF2NO/c12-7-4-6(8(15)3-5-1-2-5)11(16)10(14)9(7)13/h4-5,8,16H,1-3,15H2/t8-/m1/s1. The zero-order chi connectivity index (χ0) is 11.9. The summed E-state index contributed by atoms with van der Waals surface area (Å²) in [6, 6.07) is 0.903. The van der Waals surface area contributed by atoms with Gasteiger partial charge in [0.05, 0.1) is 4.47 Å². The van der Waals surface area contributed by atoms with Gasteiger partial charge in [0.25, 0.3) is 0 Å². The van der Waals surface area contributed by atoms with Gasteiger partial charge in [-0.3, -0.25) is 0 Å². The van der Waals surface area contributed by atoms with Gasteiger partial charge in [-0.15, -0.1) is 0 Å². The molecule has 1 aliphatic carbocycles. The first-order valence-corrected chi connectivity index (χ1v) is 5.92. The fourth-order valence-electron chi connectivity index (χ4n) is 1.73. The predicted octanol–water partition coefficient (Wildman–Crippen LogP) is 3.23. The van der Waals surface area contributed by atoms with Crippen molar-refractivity contribution < 1.29 is 13.9 Å². The molecule has 0 aromatic heterocycles. The normalized spacial score (nSPS) is 17.5. The summed E-state index contributed by atoms with van der Waals surface area (Å²) in [7, 11) is 0. The lowest BCUT2D eigenvalue weighted by atomic mass is 10.0. The Kier molecular flexibility index (Phi) is 3.17. The number of aromatic hydroxyl groups is 1. The van der Waals surface area contributed by atoms with Gasteiger partial charge in [-0.05, 0) is 34.3 Å². The molecule has 0 radical (unpaired) electrons. The zero-order valence-electron chi connectivity index (χ0n) is 8.51. The van der Waals surface area contributed by atoms with Crippen molar-refractivity contribution in [1.82, 2.24) is 0 Å². The van der Waals surface area contributed by atoms with E-state index in [0.717, 1.165) is 12.8 Å². The average molecular weight is 292 g/mol. The molecule has 1 aromatic carbocycles. The molecule has 1 saturated carbocycles. The van der Waals surface area contributed by atoms with Gasteiger partial charge in [0, 0.05) is 11.6 Å². The molecular formula is C11H12BrF2NO. The van der Waals surface area contributed by atoms with Crippen molar-refractivity contribution in [1.29, 1.82) is 0 Å². The summed E-state index contributed by atoms with van der Waals surface area (Å²) in [5.74, 6) is -2.44. The summed E-state index contributed by atoms with van der Waals surface area (Å²) in [6.07, 6.45) is 2.95. The summed E-state index contributed by atoms with van der Waals surface area (Å²) in [5, 5.41) is 9.49. The molecule has 1 aliphatic rings. The highest BCUT2D eigenvalue weighted by molar-refractivity contribution is 9.10. The molecule has 2 rings (SSSR count). The second kappa shape index (κ2) is 4.30. The molecule has 0 heterocycles. The minimum absolute atomic E-state index is 0.0101. The van der Waals surface area contributed by atoms with Crippen LogP contribution in [0, 0.1) is 17.6 Å². The van der Waals surface area contributed by atoms with Crippen molar-refractivity contribution in [2.24, 2.45) is 11.7 Å². The maximum atomic E-state index is 13.3. The summed E-state index contributed by atoms with van der Waals surface area (Å²) in [5.41, 5.74) is 6.12. The molecule has 0 aliphatic heterocycles.